The number of pyridine rings is 1. The number of methoxy groups -OCH3 is 3. The lowest BCUT2D eigenvalue weighted by Crippen LogP contribution is -2.07. The lowest BCUT2D eigenvalue weighted by atomic mass is 10.0. The number of rotatable bonds is 5. The third kappa shape index (κ3) is 2.78. The van der Waals surface area contributed by atoms with Crippen molar-refractivity contribution in [2.45, 2.75) is 0 Å². The van der Waals surface area contributed by atoms with Crippen LogP contribution in [0.4, 0.5) is 0 Å². The summed E-state index contributed by atoms with van der Waals surface area (Å²) in [4.78, 5) is 29.0. The number of hydrogen-bond donors (Lipinski definition) is 0. The third-order valence-electron chi connectivity index (χ3n) is 5.24. The van der Waals surface area contributed by atoms with Crippen molar-refractivity contribution in [3.8, 4) is 22.8 Å². The van der Waals surface area contributed by atoms with Crippen molar-refractivity contribution in [1.29, 1.82) is 0 Å². The smallest absolute Gasteiger partial charge is 0.356 e. The van der Waals surface area contributed by atoms with E-state index in [9.17, 15) is 9.59 Å². The van der Waals surface area contributed by atoms with Gasteiger partial charge in [-0.2, -0.15) is 0 Å². The topological polar surface area (TPSA) is 79.6 Å². The molecule has 0 N–H and O–H groups in total. The Morgan fingerprint density at radius 1 is 1.03 bits per heavy atom. The Balaban J connectivity index is 2.18. The fourth-order valence-electron chi connectivity index (χ4n) is 3.87. The van der Waals surface area contributed by atoms with Crippen molar-refractivity contribution >= 4 is 34.1 Å². The molecule has 2 heterocycles. The SMILES string of the molecule is COC(=O)c1cc2c3ccccc3n(C)c2c(-c2ccc(OC)c(OC)c2C=O)n1. The van der Waals surface area contributed by atoms with Gasteiger partial charge in [0.15, 0.2) is 17.8 Å². The summed E-state index contributed by atoms with van der Waals surface area (Å²) in [7, 11) is 6.21. The number of aryl methyl sites for hydroxylation is 1. The Bertz CT molecular complexity index is 1310. The van der Waals surface area contributed by atoms with E-state index in [0.717, 1.165) is 21.8 Å². The van der Waals surface area contributed by atoms with Gasteiger partial charge in [0.1, 0.15) is 5.69 Å². The standard InChI is InChI=1S/C23H20N2O5/c1-25-18-8-6-5-7-13(18)15-11-17(23(27)30-4)24-20(21(15)25)14-9-10-19(28-2)22(29-3)16(14)12-26/h5-12H,1-4H3. The first-order valence-electron chi connectivity index (χ1n) is 9.22. The van der Waals surface area contributed by atoms with E-state index in [2.05, 4.69) is 4.98 Å². The van der Waals surface area contributed by atoms with E-state index in [1.54, 1.807) is 18.2 Å². The van der Waals surface area contributed by atoms with Crippen LogP contribution in [0.2, 0.25) is 0 Å². The van der Waals surface area contributed by atoms with Crippen LogP contribution < -0.4 is 9.47 Å². The maximum absolute atomic E-state index is 12.4. The molecule has 0 aliphatic carbocycles. The molecule has 0 aliphatic heterocycles. The fourth-order valence-corrected chi connectivity index (χ4v) is 3.87. The average molecular weight is 404 g/mol. The lowest BCUT2D eigenvalue weighted by molar-refractivity contribution is 0.0594. The number of carbonyl (C=O) groups is 2. The Labute approximate surface area is 172 Å². The van der Waals surface area contributed by atoms with Gasteiger partial charge in [0, 0.05) is 28.9 Å². The maximum atomic E-state index is 12.4. The molecule has 152 valence electrons. The van der Waals surface area contributed by atoms with E-state index in [-0.39, 0.29) is 11.3 Å². The van der Waals surface area contributed by atoms with Crippen LogP contribution in [0.5, 0.6) is 11.5 Å². The molecule has 7 nitrogen and oxygen atoms in total. The van der Waals surface area contributed by atoms with Crippen molar-refractivity contribution in [2.24, 2.45) is 7.05 Å². The second-order valence-electron chi connectivity index (χ2n) is 6.70. The number of aldehydes is 1. The summed E-state index contributed by atoms with van der Waals surface area (Å²) in [6, 6.07) is 13.0. The van der Waals surface area contributed by atoms with E-state index in [4.69, 9.17) is 14.2 Å². The minimum atomic E-state index is -0.556. The summed E-state index contributed by atoms with van der Waals surface area (Å²) in [5, 5.41) is 1.81. The molecular formula is C23H20N2O5. The molecule has 0 aliphatic rings. The van der Waals surface area contributed by atoms with Crippen molar-refractivity contribution in [1.82, 2.24) is 9.55 Å². The minimum absolute atomic E-state index is 0.156. The molecule has 0 bridgehead atoms. The molecule has 4 rings (SSSR count). The van der Waals surface area contributed by atoms with Gasteiger partial charge in [-0.3, -0.25) is 4.79 Å². The summed E-state index contributed by atoms with van der Waals surface area (Å²) in [6.45, 7) is 0. The van der Waals surface area contributed by atoms with Crippen molar-refractivity contribution < 1.29 is 23.8 Å². The first-order valence-corrected chi connectivity index (χ1v) is 9.22. The molecule has 0 unspecified atom stereocenters. The van der Waals surface area contributed by atoms with Gasteiger partial charge in [-0.1, -0.05) is 18.2 Å². The Morgan fingerprint density at radius 3 is 2.47 bits per heavy atom. The van der Waals surface area contributed by atoms with Crippen LogP contribution in [-0.4, -0.2) is 43.1 Å². The Kier molecular flexibility index (Phi) is 4.87. The van der Waals surface area contributed by atoms with Gasteiger partial charge in [-0.15, -0.1) is 0 Å². The molecule has 0 atom stereocenters. The van der Waals surface area contributed by atoms with Crippen LogP contribution >= 0.6 is 0 Å². The zero-order valence-electron chi connectivity index (χ0n) is 17.1. The largest absolute Gasteiger partial charge is 0.493 e. The van der Waals surface area contributed by atoms with Gasteiger partial charge in [-0.25, -0.2) is 9.78 Å². The molecule has 4 aromatic rings. The fraction of sp³-hybridized carbons (Fsp3) is 0.174. The minimum Gasteiger partial charge on any atom is -0.493 e. The zero-order valence-corrected chi connectivity index (χ0v) is 17.1. The summed E-state index contributed by atoms with van der Waals surface area (Å²) in [5.74, 6) is 0.183. The van der Waals surface area contributed by atoms with Gasteiger partial charge < -0.3 is 18.8 Å². The molecule has 0 saturated carbocycles. The second kappa shape index (κ2) is 7.51. The molecule has 0 saturated heterocycles. The quantitative estimate of drug-likeness (QED) is 0.369. The first kappa shape index (κ1) is 19.4. The zero-order chi connectivity index (χ0) is 21.4. The summed E-state index contributed by atoms with van der Waals surface area (Å²) < 4.78 is 17.7. The highest BCUT2D eigenvalue weighted by Crippen LogP contribution is 2.40. The molecule has 0 fully saturated rings. The number of para-hydroxylation sites is 1. The summed E-state index contributed by atoms with van der Waals surface area (Å²) in [6.07, 6.45) is 0.706. The van der Waals surface area contributed by atoms with Gasteiger partial charge in [-0.05, 0) is 24.3 Å². The maximum Gasteiger partial charge on any atom is 0.356 e. The monoisotopic (exact) mass is 404 g/mol. The van der Waals surface area contributed by atoms with Crippen LogP contribution in [-0.2, 0) is 11.8 Å². The van der Waals surface area contributed by atoms with Crippen LogP contribution in [0.3, 0.4) is 0 Å². The lowest BCUT2D eigenvalue weighted by Gasteiger charge is -2.15. The van der Waals surface area contributed by atoms with Crippen molar-refractivity contribution in [2.75, 3.05) is 21.3 Å². The number of aromatic nitrogens is 2. The summed E-state index contributed by atoms with van der Waals surface area (Å²) in [5.41, 5.74) is 3.23. The molecule has 0 amide bonds. The number of ether oxygens (including phenoxy) is 3. The van der Waals surface area contributed by atoms with Crippen LogP contribution in [0.15, 0.2) is 42.5 Å². The number of esters is 1. The summed E-state index contributed by atoms with van der Waals surface area (Å²) >= 11 is 0. The van der Waals surface area contributed by atoms with Crippen molar-refractivity contribution in [3.05, 3.63) is 53.7 Å². The van der Waals surface area contributed by atoms with E-state index in [0.29, 0.717) is 29.0 Å². The van der Waals surface area contributed by atoms with E-state index in [1.807, 2.05) is 35.9 Å². The van der Waals surface area contributed by atoms with Gasteiger partial charge >= 0.3 is 5.97 Å². The predicted octanol–water partition coefficient (Wildman–Crippen LogP) is 4.01. The Morgan fingerprint density at radius 2 is 1.80 bits per heavy atom. The van der Waals surface area contributed by atoms with Crippen LogP contribution in [0.1, 0.15) is 20.8 Å². The van der Waals surface area contributed by atoms with Crippen LogP contribution in [0, 0.1) is 0 Å². The highest BCUT2D eigenvalue weighted by Gasteiger charge is 2.23. The average Bonchev–Trinajstić information content (AvgIpc) is 3.09. The van der Waals surface area contributed by atoms with E-state index in [1.165, 1.54) is 21.3 Å². The number of fused-ring (bicyclic) bond motifs is 3. The van der Waals surface area contributed by atoms with Gasteiger partial charge in [0.05, 0.1) is 38.1 Å². The molecule has 30 heavy (non-hydrogen) atoms. The number of nitrogens with zero attached hydrogens (tertiary/aromatic N) is 2. The van der Waals surface area contributed by atoms with Crippen LogP contribution in [0.25, 0.3) is 33.1 Å². The molecule has 0 radical (unpaired) electrons. The first-order chi connectivity index (χ1) is 14.5. The molecule has 7 heteroatoms. The highest BCUT2D eigenvalue weighted by atomic mass is 16.5. The Hall–Kier alpha value is -3.87. The normalized spacial score (nSPS) is 10.9. The van der Waals surface area contributed by atoms with Gasteiger partial charge in [0.25, 0.3) is 0 Å². The van der Waals surface area contributed by atoms with Gasteiger partial charge in [0.2, 0.25) is 0 Å². The number of benzene rings is 2. The van der Waals surface area contributed by atoms with E-state index >= 15 is 0 Å². The molecule has 2 aromatic heterocycles. The van der Waals surface area contributed by atoms with E-state index < -0.39 is 5.97 Å². The third-order valence-corrected chi connectivity index (χ3v) is 5.24. The molecular weight excluding hydrogens is 384 g/mol. The number of hydrogen-bond acceptors (Lipinski definition) is 6. The molecule has 2 aromatic carbocycles. The second-order valence-corrected chi connectivity index (χ2v) is 6.70. The predicted molar refractivity (Wildman–Crippen MR) is 113 cm³/mol. The molecule has 0 spiro atoms. The highest BCUT2D eigenvalue weighted by molar-refractivity contribution is 6.14. The number of carbonyl (C=O) groups excluding carboxylic acids is 2. The van der Waals surface area contributed by atoms with Crippen molar-refractivity contribution in [3.63, 3.8) is 0 Å².